The number of carbonyl (C=O) groups is 1. The van der Waals surface area contributed by atoms with Crippen molar-refractivity contribution in [1.82, 2.24) is 15.2 Å². The molecule has 0 radical (unpaired) electrons. The highest BCUT2D eigenvalue weighted by Crippen LogP contribution is 2.24. The van der Waals surface area contributed by atoms with Gasteiger partial charge in [0.05, 0.1) is 18.3 Å². The molecule has 2 aromatic rings. The maximum absolute atomic E-state index is 12.1. The summed E-state index contributed by atoms with van der Waals surface area (Å²) in [6.45, 7) is 2.32. The SMILES string of the molecule is N#CC1CCCN1C(=O)CNCCNc1nc(-c2ccccc2)cs1. The molecule has 0 saturated carbocycles. The molecule has 6 nitrogen and oxygen atoms in total. The molecule has 1 aromatic carbocycles. The molecule has 0 spiro atoms. The van der Waals surface area contributed by atoms with Gasteiger partial charge in [0.25, 0.3) is 0 Å². The molecule has 1 aliphatic rings. The van der Waals surface area contributed by atoms with Crippen molar-refractivity contribution in [1.29, 1.82) is 5.26 Å². The topological polar surface area (TPSA) is 81.0 Å². The van der Waals surface area contributed by atoms with Crippen molar-refractivity contribution in [2.45, 2.75) is 18.9 Å². The van der Waals surface area contributed by atoms with E-state index >= 15 is 0 Å². The zero-order valence-corrected chi connectivity index (χ0v) is 14.8. The molecule has 1 fully saturated rings. The molecule has 0 bridgehead atoms. The van der Waals surface area contributed by atoms with E-state index in [-0.39, 0.29) is 18.5 Å². The lowest BCUT2D eigenvalue weighted by Gasteiger charge is -2.19. The highest BCUT2D eigenvalue weighted by atomic mass is 32.1. The van der Waals surface area contributed by atoms with Crippen molar-refractivity contribution in [2.75, 3.05) is 31.5 Å². The minimum absolute atomic E-state index is 0.00432. The average molecular weight is 355 g/mol. The van der Waals surface area contributed by atoms with E-state index in [2.05, 4.69) is 21.7 Å². The van der Waals surface area contributed by atoms with Crippen LogP contribution in [0.1, 0.15) is 12.8 Å². The van der Waals surface area contributed by atoms with Gasteiger partial charge in [-0.25, -0.2) is 4.98 Å². The number of anilines is 1. The third-order valence-corrected chi connectivity index (χ3v) is 4.95. The molecule has 1 atom stereocenters. The number of rotatable bonds is 7. The first kappa shape index (κ1) is 17.4. The zero-order chi connectivity index (χ0) is 17.5. The lowest BCUT2D eigenvalue weighted by molar-refractivity contribution is -0.130. The average Bonchev–Trinajstić information content (AvgIpc) is 3.31. The van der Waals surface area contributed by atoms with E-state index in [0.29, 0.717) is 19.6 Å². The highest BCUT2D eigenvalue weighted by Gasteiger charge is 2.27. The van der Waals surface area contributed by atoms with E-state index in [0.717, 1.165) is 29.2 Å². The minimum atomic E-state index is -0.251. The summed E-state index contributed by atoms with van der Waals surface area (Å²) < 4.78 is 0. The summed E-state index contributed by atoms with van der Waals surface area (Å²) >= 11 is 1.57. The fourth-order valence-corrected chi connectivity index (χ4v) is 3.60. The van der Waals surface area contributed by atoms with Crippen molar-refractivity contribution < 1.29 is 4.79 Å². The summed E-state index contributed by atoms with van der Waals surface area (Å²) in [5, 5.41) is 18.3. The third kappa shape index (κ3) is 4.56. The number of carbonyl (C=O) groups excluding carboxylic acids is 1. The van der Waals surface area contributed by atoms with E-state index in [1.807, 2.05) is 35.7 Å². The van der Waals surface area contributed by atoms with Gasteiger partial charge >= 0.3 is 0 Å². The second-order valence-electron chi connectivity index (χ2n) is 5.88. The number of aromatic nitrogens is 1. The Hall–Kier alpha value is -2.43. The number of likely N-dealkylation sites (tertiary alicyclic amines) is 1. The van der Waals surface area contributed by atoms with Crippen LogP contribution in [0.2, 0.25) is 0 Å². The summed E-state index contributed by atoms with van der Waals surface area (Å²) in [4.78, 5) is 18.3. The van der Waals surface area contributed by atoms with Gasteiger partial charge in [-0.3, -0.25) is 4.79 Å². The number of amides is 1. The van der Waals surface area contributed by atoms with Crippen molar-refractivity contribution in [3.63, 3.8) is 0 Å². The largest absolute Gasteiger partial charge is 0.360 e. The van der Waals surface area contributed by atoms with Crippen molar-refractivity contribution in [3.05, 3.63) is 35.7 Å². The number of nitrogens with zero attached hydrogens (tertiary/aromatic N) is 3. The molecule has 25 heavy (non-hydrogen) atoms. The summed E-state index contributed by atoms with van der Waals surface area (Å²) in [5.74, 6) is 0.00432. The first-order valence-corrected chi connectivity index (χ1v) is 9.30. The summed E-state index contributed by atoms with van der Waals surface area (Å²) in [5.41, 5.74) is 2.07. The van der Waals surface area contributed by atoms with Crippen LogP contribution in [0.5, 0.6) is 0 Å². The molecule has 1 unspecified atom stereocenters. The second kappa shape index (κ2) is 8.60. The Balaban J connectivity index is 1.37. The Labute approximate surface area is 151 Å². The summed E-state index contributed by atoms with van der Waals surface area (Å²) in [6, 6.07) is 12.0. The van der Waals surface area contributed by atoms with Crippen LogP contribution in [0.15, 0.2) is 35.7 Å². The van der Waals surface area contributed by atoms with E-state index in [1.165, 1.54) is 0 Å². The van der Waals surface area contributed by atoms with Gasteiger partial charge in [-0.2, -0.15) is 5.26 Å². The molecule has 0 aliphatic carbocycles. The molecule has 3 rings (SSSR count). The van der Waals surface area contributed by atoms with Crippen LogP contribution in [0.3, 0.4) is 0 Å². The summed E-state index contributed by atoms with van der Waals surface area (Å²) in [7, 11) is 0. The first-order valence-electron chi connectivity index (χ1n) is 8.42. The van der Waals surface area contributed by atoms with E-state index in [1.54, 1.807) is 16.2 Å². The standard InChI is InChI=1S/C18H21N5OS/c19-11-15-7-4-10-23(15)17(24)12-20-8-9-21-18-22-16(13-25-18)14-5-2-1-3-6-14/h1-3,5-6,13,15,20H,4,7-10,12H2,(H,21,22). The van der Waals surface area contributed by atoms with Crippen molar-refractivity contribution in [2.24, 2.45) is 0 Å². The Kier molecular flexibility index (Phi) is 5.99. The van der Waals surface area contributed by atoms with Crippen LogP contribution in [-0.2, 0) is 4.79 Å². The third-order valence-electron chi connectivity index (χ3n) is 4.15. The molecule has 7 heteroatoms. The van der Waals surface area contributed by atoms with Gasteiger partial charge in [-0.05, 0) is 12.8 Å². The van der Waals surface area contributed by atoms with Crippen LogP contribution in [-0.4, -0.2) is 48.0 Å². The lowest BCUT2D eigenvalue weighted by Crippen LogP contribution is -2.41. The molecule has 2 heterocycles. The van der Waals surface area contributed by atoms with Gasteiger partial charge < -0.3 is 15.5 Å². The van der Waals surface area contributed by atoms with Gasteiger partial charge in [0.2, 0.25) is 5.91 Å². The predicted octanol–water partition coefficient (Wildman–Crippen LogP) is 2.33. The second-order valence-corrected chi connectivity index (χ2v) is 6.74. The Morgan fingerprint density at radius 2 is 2.20 bits per heavy atom. The van der Waals surface area contributed by atoms with Gasteiger partial charge in [0, 0.05) is 30.6 Å². The molecular weight excluding hydrogens is 334 g/mol. The first-order chi connectivity index (χ1) is 12.3. The van der Waals surface area contributed by atoms with E-state index in [4.69, 9.17) is 5.26 Å². The lowest BCUT2D eigenvalue weighted by atomic mass is 10.2. The maximum atomic E-state index is 12.1. The quantitative estimate of drug-likeness (QED) is 0.745. The van der Waals surface area contributed by atoms with Gasteiger partial charge in [-0.15, -0.1) is 11.3 Å². The number of nitriles is 1. The van der Waals surface area contributed by atoms with Crippen LogP contribution in [0, 0.1) is 11.3 Å². The van der Waals surface area contributed by atoms with Gasteiger partial charge in [0.1, 0.15) is 6.04 Å². The zero-order valence-electron chi connectivity index (χ0n) is 13.9. The minimum Gasteiger partial charge on any atom is -0.360 e. The molecule has 1 aliphatic heterocycles. The number of hydrogen-bond acceptors (Lipinski definition) is 6. The highest BCUT2D eigenvalue weighted by molar-refractivity contribution is 7.14. The normalized spacial score (nSPS) is 16.6. The Morgan fingerprint density at radius 1 is 1.36 bits per heavy atom. The number of thiazole rings is 1. The van der Waals surface area contributed by atoms with Crippen molar-refractivity contribution in [3.8, 4) is 17.3 Å². The molecule has 2 N–H and O–H groups in total. The van der Waals surface area contributed by atoms with Crippen LogP contribution in [0.25, 0.3) is 11.3 Å². The smallest absolute Gasteiger partial charge is 0.237 e. The van der Waals surface area contributed by atoms with Crippen LogP contribution < -0.4 is 10.6 Å². The van der Waals surface area contributed by atoms with E-state index in [9.17, 15) is 4.79 Å². The molecule has 1 saturated heterocycles. The Morgan fingerprint density at radius 3 is 3.00 bits per heavy atom. The Bertz CT molecular complexity index is 739. The van der Waals surface area contributed by atoms with Crippen LogP contribution in [0.4, 0.5) is 5.13 Å². The molecule has 1 amide bonds. The van der Waals surface area contributed by atoms with E-state index < -0.39 is 0 Å². The molecule has 1 aromatic heterocycles. The number of benzene rings is 1. The van der Waals surface area contributed by atoms with Gasteiger partial charge in [-0.1, -0.05) is 30.3 Å². The maximum Gasteiger partial charge on any atom is 0.237 e. The number of hydrogen-bond donors (Lipinski definition) is 2. The molecule has 130 valence electrons. The fourth-order valence-electron chi connectivity index (χ4n) is 2.85. The number of nitrogens with one attached hydrogen (secondary N) is 2. The van der Waals surface area contributed by atoms with Gasteiger partial charge in [0.15, 0.2) is 5.13 Å². The monoisotopic (exact) mass is 355 g/mol. The van der Waals surface area contributed by atoms with Crippen molar-refractivity contribution >= 4 is 22.4 Å². The summed E-state index contributed by atoms with van der Waals surface area (Å²) in [6.07, 6.45) is 1.71. The predicted molar refractivity (Wildman–Crippen MR) is 99.3 cm³/mol. The molecular formula is C18H21N5OS. The fraction of sp³-hybridized carbons (Fsp3) is 0.389. The van der Waals surface area contributed by atoms with Crippen LogP contribution >= 0.6 is 11.3 Å².